The lowest BCUT2D eigenvalue weighted by atomic mass is 9.73. The van der Waals surface area contributed by atoms with E-state index in [9.17, 15) is 5.11 Å². The van der Waals surface area contributed by atoms with Crippen molar-refractivity contribution < 1.29 is 5.11 Å². The third-order valence-electron chi connectivity index (χ3n) is 6.64. The van der Waals surface area contributed by atoms with Crippen LogP contribution in [0.3, 0.4) is 0 Å². The first-order valence-corrected chi connectivity index (χ1v) is 10.8. The lowest BCUT2D eigenvalue weighted by molar-refractivity contribution is -0.0668. The number of halogens is 3. The van der Waals surface area contributed by atoms with E-state index in [2.05, 4.69) is 17.0 Å². The Kier molecular flexibility index (Phi) is 7.00. The van der Waals surface area contributed by atoms with E-state index in [1.54, 1.807) is 0 Å². The van der Waals surface area contributed by atoms with Crippen molar-refractivity contribution in [3.05, 3.63) is 69.7 Å². The smallest absolute Gasteiger partial charge is 0.0920 e. The van der Waals surface area contributed by atoms with Gasteiger partial charge in [-0.25, -0.2) is 0 Å². The summed E-state index contributed by atoms with van der Waals surface area (Å²) < 4.78 is 0. The van der Waals surface area contributed by atoms with E-state index in [0.717, 1.165) is 36.5 Å². The molecule has 0 radical (unpaired) electrons. The number of rotatable bonds is 3. The van der Waals surface area contributed by atoms with Crippen LogP contribution in [0.15, 0.2) is 48.5 Å². The fourth-order valence-corrected chi connectivity index (χ4v) is 5.29. The maximum Gasteiger partial charge on any atom is 0.0920 e. The molecule has 2 fully saturated rings. The predicted octanol–water partition coefficient (Wildman–Crippen LogP) is 6.56. The van der Waals surface area contributed by atoms with Gasteiger partial charge in [0.05, 0.1) is 5.60 Å². The minimum Gasteiger partial charge on any atom is -0.385 e. The minimum absolute atomic E-state index is 0. The molecule has 0 unspecified atom stereocenters. The molecule has 2 aromatic carbocycles. The lowest BCUT2D eigenvalue weighted by Gasteiger charge is -2.51. The molecule has 0 bridgehead atoms. The average molecular weight is 441 g/mol. The quantitative estimate of drug-likeness (QED) is 0.584. The summed E-state index contributed by atoms with van der Waals surface area (Å²) in [5.41, 5.74) is 1.69. The highest BCUT2D eigenvalue weighted by Crippen LogP contribution is 2.46. The SMILES string of the molecule is Cl.OC1(c2ccc(Cl)cc2)CCN(C2(c3ccc(Cl)cc3)CCCCC2)CC1. The summed E-state index contributed by atoms with van der Waals surface area (Å²) >= 11 is 12.2. The molecule has 152 valence electrons. The zero-order valence-corrected chi connectivity index (χ0v) is 18.4. The molecule has 28 heavy (non-hydrogen) atoms. The van der Waals surface area contributed by atoms with Gasteiger partial charge in [0.2, 0.25) is 0 Å². The molecule has 1 heterocycles. The number of likely N-dealkylation sites (tertiary alicyclic amines) is 1. The first-order chi connectivity index (χ1) is 13.0. The van der Waals surface area contributed by atoms with Gasteiger partial charge in [0.1, 0.15) is 0 Å². The highest BCUT2D eigenvalue weighted by atomic mass is 35.5. The first kappa shape index (κ1) is 21.9. The van der Waals surface area contributed by atoms with Crippen LogP contribution in [0.1, 0.15) is 56.1 Å². The Morgan fingerprint density at radius 3 is 1.64 bits per heavy atom. The van der Waals surface area contributed by atoms with Crippen LogP contribution in [-0.2, 0) is 11.1 Å². The lowest BCUT2D eigenvalue weighted by Crippen LogP contribution is -2.53. The molecule has 1 N–H and O–H groups in total. The van der Waals surface area contributed by atoms with E-state index in [0.29, 0.717) is 5.02 Å². The third-order valence-corrected chi connectivity index (χ3v) is 7.14. The van der Waals surface area contributed by atoms with Crippen molar-refractivity contribution in [2.45, 2.75) is 56.1 Å². The standard InChI is InChI=1S/C23H27Cl2NO.ClH/c24-20-8-4-18(5-9-20)22(12-2-1-3-13-22)26-16-14-23(27,15-17-26)19-6-10-21(25)11-7-19;/h4-11,27H,1-3,12-17H2;1H. The van der Waals surface area contributed by atoms with Crippen molar-refractivity contribution in [3.8, 4) is 0 Å². The molecule has 1 aliphatic heterocycles. The first-order valence-electron chi connectivity index (χ1n) is 10.0. The Bertz CT molecular complexity index is 761. The zero-order chi connectivity index (χ0) is 18.9. The molecule has 1 saturated carbocycles. The third kappa shape index (κ3) is 4.22. The number of hydrogen-bond donors (Lipinski definition) is 1. The van der Waals surface area contributed by atoms with Gasteiger partial charge in [0.15, 0.2) is 0 Å². The van der Waals surface area contributed by atoms with Crippen LogP contribution in [0, 0.1) is 0 Å². The molecule has 4 rings (SSSR count). The van der Waals surface area contributed by atoms with Gasteiger partial charge in [-0.15, -0.1) is 12.4 Å². The Hall–Kier alpha value is -0.770. The molecule has 1 aliphatic carbocycles. The van der Waals surface area contributed by atoms with Crippen molar-refractivity contribution in [1.82, 2.24) is 4.90 Å². The van der Waals surface area contributed by atoms with Gasteiger partial charge in [-0.3, -0.25) is 4.90 Å². The van der Waals surface area contributed by atoms with E-state index in [-0.39, 0.29) is 17.9 Å². The van der Waals surface area contributed by atoms with Crippen LogP contribution in [0.5, 0.6) is 0 Å². The molecule has 2 nitrogen and oxygen atoms in total. The maximum atomic E-state index is 11.3. The van der Waals surface area contributed by atoms with E-state index in [1.807, 2.05) is 36.4 Å². The second kappa shape index (κ2) is 8.93. The van der Waals surface area contributed by atoms with Gasteiger partial charge in [-0.2, -0.15) is 0 Å². The zero-order valence-electron chi connectivity index (χ0n) is 16.0. The van der Waals surface area contributed by atoms with Gasteiger partial charge in [0, 0.05) is 28.7 Å². The van der Waals surface area contributed by atoms with E-state index >= 15 is 0 Å². The number of piperidine rings is 1. The number of nitrogens with zero attached hydrogens (tertiary/aromatic N) is 1. The molecule has 0 spiro atoms. The van der Waals surface area contributed by atoms with Crippen molar-refractivity contribution in [2.75, 3.05) is 13.1 Å². The summed E-state index contributed by atoms with van der Waals surface area (Å²) in [4.78, 5) is 2.62. The summed E-state index contributed by atoms with van der Waals surface area (Å²) in [6.45, 7) is 1.81. The summed E-state index contributed by atoms with van der Waals surface area (Å²) in [5.74, 6) is 0. The summed E-state index contributed by atoms with van der Waals surface area (Å²) in [7, 11) is 0. The monoisotopic (exact) mass is 439 g/mol. The van der Waals surface area contributed by atoms with Gasteiger partial charge >= 0.3 is 0 Å². The molecule has 5 heteroatoms. The molecule has 2 aromatic rings. The van der Waals surface area contributed by atoms with Gasteiger partial charge in [0.25, 0.3) is 0 Å². The van der Waals surface area contributed by atoms with Gasteiger partial charge < -0.3 is 5.11 Å². The average Bonchev–Trinajstić information content (AvgIpc) is 2.70. The maximum absolute atomic E-state index is 11.3. The molecule has 2 aliphatic rings. The van der Waals surface area contributed by atoms with Crippen molar-refractivity contribution in [1.29, 1.82) is 0 Å². The van der Waals surface area contributed by atoms with Crippen molar-refractivity contribution in [2.24, 2.45) is 0 Å². The van der Waals surface area contributed by atoms with Crippen molar-refractivity contribution >= 4 is 35.6 Å². The van der Waals surface area contributed by atoms with Gasteiger partial charge in [-0.05, 0) is 61.1 Å². The molecule has 0 amide bonds. The Morgan fingerprint density at radius 1 is 0.679 bits per heavy atom. The van der Waals surface area contributed by atoms with Crippen LogP contribution in [-0.4, -0.2) is 23.1 Å². The minimum atomic E-state index is -0.753. The number of benzene rings is 2. The predicted molar refractivity (Wildman–Crippen MR) is 120 cm³/mol. The van der Waals surface area contributed by atoms with Crippen LogP contribution < -0.4 is 0 Å². The summed E-state index contributed by atoms with van der Waals surface area (Å²) in [6.07, 6.45) is 7.73. The molecular formula is C23H28Cl3NO. The molecule has 0 atom stereocenters. The van der Waals surface area contributed by atoms with E-state index < -0.39 is 5.60 Å². The van der Waals surface area contributed by atoms with E-state index in [4.69, 9.17) is 23.2 Å². The van der Waals surface area contributed by atoms with Crippen molar-refractivity contribution in [3.63, 3.8) is 0 Å². The molecule has 0 aromatic heterocycles. The fourth-order valence-electron chi connectivity index (χ4n) is 5.04. The second-order valence-corrected chi connectivity index (χ2v) is 9.00. The Morgan fingerprint density at radius 2 is 1.14 bits per heavy atom. The highest BCUT2D eigenvalue weighted by Gasteiger charge is 2.44. The Balaban J connectivity index is 0.00000225. The van der Waals surface area contributed by atoms with Gasteiger partial charge in [-0.1, -0.05) is 66.7 Å². The highest BCUT2D eigenvalue weighted by molar-refractivity contribution is 6.30. The van der Waals surface area contributed by atoms with E-state index in [1.165, 1.54) is 37.7 Å². The summed E-state index contributed by atoms with van der Waals surface area (Å²) in [5, 5.41) is 12.8. The van der Waals surface area contributed by atoms with Crippen LogP contribution in [0.25, 0.3) is 0 Å². The second-order valence-electron chi connectivity index (χ2n) is 8.12. The Labute approximate surface area is 184 Å². The van der Waals surface area contributed by atoms with Crippen LogP contribution in [0.2, 0.25) is 10.0 Å². The summed E-state index contributed by atoms with van der Waals surface area (Å²) in [6, 6.07) is 16.1. The number of aliphatic hydroxyl groups is 1. The number of hydrogen-bond acceptors (Lipinski definition) is 2. The normalized spacial score (nSPS) is 21.7. The van der Waals surface area contributed by atoms with Crippen LogP contribution >= 0.6 is 35.6 Å². The topological polar surface area (TPSA) is 23.5 Å². The fraction of sp³-hybridized carbons (Fsp3) is 0.478. The molecular weight excluding hydrogens is 413 g/mol. The molecule has 1 saturated heterocycles. The largest absolute Gasteiger partial charge is 0.385 e. The van der Waals surface area contributed by atoms with Crippen LogP contribution in [0.4, 0.5) is 0 Å².